The van der Waals surface area contributed by atoms with Crippen molar-refractivity contribution < 1.29 is 14.3 Å². The number of fused-ring (bicyclic) bond motifs is 1. The number of amides is 2. The van der Waals surface area contributed by atoms with Crippen LogP contribution in [0.1, 0.15) is 34.0 Å². The van der Waals surface area contributed by atoms with E-state index in [9.17, 15) is 9.59 Å². The third-order valence-corrected chi connectivity index (χ3v) is 5.51. The Hall–Kier alpha value is -3.60. The van der Waals surface area contributed by atoms with E-state index < -0.39 is 0 Å². The first-order chi connectivity index (χ1) is 15.1. The van der Waals surface area contributed by atoms with Crippen molar-refractivity contribution >= 4 is 17.5 Å². The van der Waals surface area contributed by atoms with Crippen LogP contribution in [0.15, 0.2) is 72.8 Å². The molecule has 1 aliphatic rings. The van der Waals surface area contributed by atoms with E-state index in [4.69, 9.17) is 4.74 Å². The van der Waals surface area contributed by atoms with Crippen LogP contribution in [0, 0.1) is 0 Å². The lowest BCUT2D eigenvalue weighted by atomic mass is 9.98. The summed E-state index contributed by atoms with van der Waals surface area (Å²) in [6.45, 7) is 3.27. The van der Waals surface area contributed by atoms with Crippen LogP contribution in [-0.2, 0) is 24.2 Å². The Kier molecular flexibility index (Phi) is 6.32. The number of ether oxygens (including phenoxy) is 1. The molecule has 5 heteroatoms. The average Bonchev–Trinajstić information content (AvgIpc) is 2.82. The van der Waals surface area contributed by atoms with Crippen molar-refractivity contribution in [3.05, 3.63) is 95.1 Å². The van der Waals surface area contributed by atoms with Gasteiger partial charge in [-0.2, -0.15) is 0 Å². The zero-order chi connectivity index (χ0) is 21.6. The van der Waals surface area contributed by atoms with Gasteiger partial charge in [0.15, 0.2) is 6.61 Å². The standard InChI is InChI=1S/C26H26N2O3/c1-2-19-8-12-24(13-9-19)31-18-25(29)27-23-11-10-20-14-15-28(17-22(20)16-23)26(30)21-6-4-3-5-7-21/h3-13,16H,2,14-15,17-18H2,1H3,(H,27,29). The summed E-state index contributed by atoms with van der Waals surface area (Å²) in [5, 5.41) is 2.89. The van der Waals surface area contributed by atoms with Gasteiger partial charge in [0.2, 0.25) is 0 Å². The molecule has 2 amide bonds. The second-order valence-electron chi connectivity index (χ2n) is 7.66. The maximum absolute atomic E-state index is 12.8. The zero-order valence-corrected chi connectivity index (χ0v) is 17.6. The molecule has 3 aromatic rings. The molecule has 5 nitrogen and oxygen atoms in total. The largest absolute Gasteiger partial charge is 0.484 e. The van der Waals surface area contributed by atoms with Gasteiger partial charge in [-0.3, -0.25) is 9.59 Å². The normalized spacial score (nSPS) is 12.7. The summed E-state index contributed by atoms with van der Waals surface area (Å²) >= 11 is 0. The number of aryl methyl sites for hydroxylation is 1. The van der Waals surface area contributed by atoms with Crippen molar-refractivity contribution in [3.8, 4) is 5.75 Å². The number of hydrogen-bond acceptors (Lipinski definition) is 3. The molecule has 0 bridgehead atoms. The molecule has 0 unspecified atom stereocenters. The third kappa shape index (κ3) is 5.12. The highest BCUT2D eigenvalue weighted by Gasteiger charge is 2.22. The van der Waals surface area contributed by atoms with Gasteiger partial charge in [-0.1, -0.05) is 43.3 Å². The third-order valence-electron chi connectivity index (χ3n) is 5.51. The Morgan fingerprint density at radius 1 is 0.968 bits per heavy atom. The van der Waals surface area contributed by atoms with Crippen molar-refractivity contribution in [1.29, 1.82) is 0 Å². The summed E-state index contributed by atoms with van der Waals surface area (Å²) in [5.74, 6) is 0.489. The topological polar surface area (TPSA) is 58.6 Å². The molecule has 0 saturated carbocycles. The molecular formula is C26H26N2O3. The molecule has 0 aromatic heterocycles. The summed E-state index contributed by atoms with van der Waals surface area (Å²) in [4.78, 5) is 27.0. The van der Waals surface area contributed by atoms with Crippen LogP contribution in [-0.4, -0.2) is 29.9 Å². The van der Waals surface area contributed by atoms with Crippen molar-refractivity contribution in [2.45, 2.75) is 26.3 Å². The molecule has 1 aliphatic heterocycles. The maximum atomic E-state index is 12.8. The fraction of sp³-hybridized carbons (Fsp3) is 0.231. The Morgan fingerprint density at radius 3 is 2.48 bits per heavy atom. The van der Waals surface area contributed by atoms with Gasteiger partial charge in [0.05, 0.1) is 0 Å². The Balaban J connectivity index is 1.36. The first-order valence-corrected chi connectivity index (χ1v) is 10.6. The number of carbonyl (C=O) groups excluding carboxylic acids is 2. The second kappa shape index (κ2) is 9.47. The van der Waals surface area contributed by atoms with Crippen molar-refractivity contribution in [2.75, 3.05) is 18.5 Å². The molecule has 31 heavy (non-hydrogen) atoms. The first kappa shape index (κ1) is 20.7. The monoisotopic (exact) mass is 414 g/mol. The SMILES string of the molecule is CCc1ccc(OCC(=O)Nc2ccc3c(c2)CN(C(=O)c2ccccc2)CC3)cc1. The van der Waals surface area contributed by atoms with E-state index in [0.29, 0.717) is 30.1 Å². The number of anilines is 1. The highest BCUT2D eigenvalue weighted by Crippen LogP contribution is 2.24. The fourth-order valence-corrected chi connectivity index (χ4v) is 3.74. The van der Waals surface area contributed by atoms with E-state index in [1.54, 1.807) is 0 Å². The molecule has 158 valence electrons. The summed E-state index contributed by atoms with van der Waals surface area (Å²) < 4.78 is 5.58. The second-order valence-corrected chi connectivity index (χ2v) is 7.66. The number of benzene rings is 3. The average molecular weight is 415 g/mol. The summed E-state index contributed by atoms with van der Waals surface area (Å²) in [7, 11) is 0. The van der Waals surface area contributed by atoms with Crippen LogP contribution in [0.4, 0.5) is 5.69 Å². The predicted molar refractivity (Wildman–Crippen MR) is 121 cm³/mol. The molecule has 1 N–H and O–H groups in total. The predicted octanol–water partition coefficient (Wildman–Crippen LogP) is 4.47. The fourth-order valence-electron chi connectivity index (χ4n) is 3.74. The van der Waals surface area contributed by atoms with Gasteiger partial charge >= 0.3 is 0 Å². The molecule has 3 aromatic carbocycles. The quantitative estimate of drug-likeness (QED) is 0.648. The van der Waals surface area contributed by atoms with E-state index in [1.807, 2.05) is 77.7 Å². The lowest BCUT2D eigenvalue weighted by molar-refractivity contribution is -0.118. The minimum absolute atomic E-state index is 0.0307. The van der Waals surface area contributed by atoms with Crippen molar-refractivity contribution in [2.24, 2.45) is 0 Å². The number of rotatable bonds is 6. The molecular weight excluding hydrogens is 388 g/mol. The van der Waals surface area contributed by atoms with E-state index in [0.717, 1.165) is 18.4 Å². The smallest absolute Gasteiger partial charge is 0.262 e. The van der Waals surface area contributed by atoms with E-state index in [1.165, 1.54) is 11.1 Å². The Morgan fingerprint density at radius 2 is 1.74 bits per heavy atom. The van der Waals surface area contributed by atoms with E-state index in [2.05, 4.69) is 12.2 Å². The zero-order valence-electron chi connectivity index (χ0n) is 17.6. The van der Waals surface area contributed by atoms with Gasteiger partial charge in [0.1, 0.15) is 5.75 Å². The van der Waals surface area contributed by atoms with Crippen molar-refractivity contribution in [1.82, 2.24) is 4.90 Å². The van der Waals surface area contributed by atoms with Gasteiger partial charge in [-0.05, 0) is 65.9 Å². The highest BCUT2D eigenvalue weighted by atomic mass is 16.5. The summed E-state index contributed by atoms with van der Waals surface area (Å²) in [5.41, 5.74) is 4.90. The minimum atomic E-state index is -0.215. The van der Waals surface area contributed by atoms with Crippen LogP contribution in [0.2, 0.25) is 0 Å². The molecule has 1 heterocycles. The van der Waals surface area contributed by atoms with Gasteiger partial charge in [0.25, 0.3) is 11.8 Å². The molecule has 4 rings (SSSR count). The van der Waals surface area contributed by atoms with Gasteiger partial charge in [-0.25, -0.2) is 0 Å². The van der Waals surface area contributed by atoms with Crippen LogP contribution in [0.25, 0.3) is 0 Å². The molecule has 0 radical (unpaired) electrons. The molecule has 0 atom stereocenters. The first-order valence-electron chi connectivity index (χ1n) is 10.6. The van der Waals surface area contributed by atoms with Crippen LogP contribution in [0.3, 0.4) is 0 Å². The molecule has 0 fully saturated rings. The molecule has 0 aliphatic carbocycles. The number of hydrogen-bond donors (Lipinski definition) is 1. The molecule has 0 saturated heterocycles. The number of carbonyl (C=O) groups is 2. The number of nitrogens with zero attached hydrogens (tertiary/aromatic N) is 1. The highest BCUT2D eigenvalue weighted by molar-refractivity contribution is 5.94. The van der Waals surface area contributed by atoms with Crippen molar-refractivity contribution in [3.63, 3.8) is 0 Å². The summed E-state index contributed by atoms with van der Waals surface area (Å²) in [6, 6.07) is 23.0. The lowest BCUT2D eigenvalue weighted by Gasteiger charge is -2.29. The van der Waals surface area contributed by atoms with Crippen LogP contribution < -0.4 is 10.1 Å². The van der Waals surface area contributed by atoms with Gasteiger partial charge < -0.3 is 15.0 Å². The Labute approximate surface area is 182 Å². The van der Waals surface area contributed by atoms with Crippen LogP contribution >= 0.6 is 0 Å². The lowest BCUT2D eigenvalue weighted by Crippen LogP contribution is -2.36. The van der Waals surface area contributed by atoms with E-state index in [-0.39, 0.29) is 18.4 Å². The van der Waals surface area contributed by atoms with Gasteiger partial charge in [-0.15, -0.1) is 0 Å². The number of nitrogens with one attached hydrogen (secondary N) is 1. The Bertz CT molecular complexity index is 1060. The maximum Gasteiger partial charge on any atom is 0.262 e. The van der Waals surface area contributed by atoms with Gasteiger partial charge in [0, 0.05) is 24.3 Å². The summed E-state index contributed by atoms with van der Waals surface area (Å²) in [6.07, 6.45) is 1.77. The van der Waals surface area contributed by atoms with E-state index >= 15 is 0 Å². The van der Waals surface area contributed by atoms with Crippen LogP contribution in [0.5, 0.6) is 5.75 Å². The molecule has 0 spiro atoms. The minimum Gasteiger partial charge on any atom is -0.484 e.